The average Bonchev–Trinajstić information content (AvgIpc) is 3.62. The number of fused-ring (bicyclic) bond motifs is 1. The van der Waals surface area contributed by atoms with E-state index in [2.05, 4.69) is 20.1 Å². The Bertz CT molecular complexity index is 1200. The minimum absolute atomic E-state index is 0.0688. The van der Waals surface area contributed by atoms with E-state index in [9.17, 15) is 19.5 Å². The maximum atomic E-state index is 14.8. The lowest BCUT2D eigenvalue weighted by molar-refractivity contribution is -0.159. The van der Waals surface area contributed by atoms with Gasteiger partial charge < -0.3 is 24.5 Å². The molecule has 8 heteroatoms. The zero-order chi connectivity index (χ0) is 32.2. The molecule has 1 spiro atoms. The van der Waals surface area contributed by atoms with Gasteiger partial charge in [-0.2, -0.15) is 0 Å². The molecule has 0 saturated carbocycles. The van der Waals surface area contributed by atoms with E-state index < -0.39 is 35.1 Å². The summed E-state index contributed by atoms with van der Waals surface area (Å²) in [6.45, 7) is 18.8. The minimum atomic E-state index is -1.15. The lowest BCUT2D eigenvalue weighted by Crippen LogP contribution is -2.60. The number of hydrogen-bond acceptors (Lipinski definition) is 5. The van der Waals surface area contributed by atoms with Gasteiger partial charge >= 0.3 is 0 Å². The number of ether oxygens (including phenoxy) is 1. The fourth-order valence-electron chi connectivity index (χ4n) is 8.27. The predicted octanol–water partition coefficient (Wildman–Crippen LogP) is 4.97. The third-order valence-electron chi connectivity index (χ3n) is 10.2. The molecule has 3 aliphatic heterocycles. The second kappa shape index (κ2) is 14.0. The second-order valence-corrected chi connectivity index (χ2v) is 13.5. The van der Waals surface area contributed by atoms with Crippen LogP contribution in [0.4, 0.5) is 0 Å². The molecular formula is C36H53N3O5. The smallest absolute Gasteiger partial charge is 0.248 e. The number of aliphatic hydroxyl groups is 1. The van der Waals surface area contributed by atoms with Crippen LogP contribution in [0, 0.1) is 17.8 Å². The highest BCUT2D eigenvalue weighted by Gasteiger charge is 2.79. The van der Waals surface area contributed by atoms with Crippen LogP contribution in [-0.4, -0.2) is 86.6 Å². The van der Waals surface area contributed by atoms with Crippen molar-refractivity contribution < 1.29 is 24.2 Å². The molecule has 3 saturated heterocycles. The van der Waals surface area contributed by atoms with Crippen molar-refractivity contribution in [3.8, 4) is 0 Å². The Kier molecular flexibility index (Phi) is 10.8. The van der Waals surface area contributed by atoms with E-state index in [0.717, 1.165) is 18.4 Å². The normalized spacial score (nSPS) is 28.6. The first-order chi connectivity index (χ1) is 21.0. The summed E-state index contributed by atoms with van der Waals surface area (Å²) in [6, 6.07) is 8.25. The van der Waals surface area contributed by atoms with Crippen molar-refractivity contribution in [1.82, 2.24) is 14.7 Å². The molecule has 3 unspecified atom stereocenters. The molecule has 2 bridgehead atoms. The Labute approximate surface area is 264 Å². The molecule has 8 nitrogen and oxygen atoms in total. The third-order valence-corrected chi connectivity index (χ3v) is 10.2. The molecule has 1 aromatic rings. The molecule has 3 fully saturated rings. The number of benzene rings is 1. The fraction of sp³-hybridized carbons (Fsp3) is 0.639. The van der Waals surface area contributed by atoms with Gasteiger partial charge in [0.1, 0.15) is 11.6 Å². The first-order valence-corrected chi connectivity index (χ1v) is 16.5. The van der Waals surface area contributed by atoms with E-state index in [0.29, 0.717) is 45.3 Å². The predicted molar refractivity (Wildman–Crippen MR) is 172 cm³/mol. The molecule has 3 aliphatic rings. The van der Waals surface area contributed by atoms with Crippen LogP contribution in [0.1, 0.15) is 78.7 Å². The zero-order valence-electron chi connectivity index (χ0n) is 27.4. The van der Waals surface area contributed by atoms with Crippen LogP contribution in [-0.2, 0) is 25.7 Å². The zero-order valence-corrected chi connectivity index (χ0v) is 27.4. The molecular weight excluding hydrogens is 554 g/mol. The lowest BCUT2D eigenvalue weighted by atomic mass is 9.64. The van der Waals surface area contributed by atoms with Crippen LogP contribution >= 0.6 is 0 Å². The van der Waals surface area contributed by atoms with Crippen LogP contribution in [0.3, 0.4) is 0 Å². The van der Waals surface area contributed by atoms with E-state index in [4.69, 9.17) is 4.74 Å². The number of nitrogens with zero attached hydrogens (tertiary/aromatic N) is 3. The van der Waals surface area contributed by atoms with Gasteiger partial charge in [0.15, 0.2) is 0 Å². The summed E-state index contributed by atoms with van der Waals surface area (Å²) in [5.74, 6) is -1.95. The van der Waals surface area contributed by atoms with Gasteiger partial charge in [-0.15, -0.1) is 13.2 Å². The van der Waals surface area contributed by atoms with Crippen molar-refractivity contribution in [3.63, 3.8) is 0 Å². The van der Waals surface area contributed by atoms with Gasteiger partial charge in [0, 0.05) is 25.7 Å². The van der Waals surface area contributed by atoms with Crippen molar-refractivity contribution in [2.45, 2.75) is 109 Å². The van der Waals surface area contributed by atoms with E-state index in [1.807, 2.05) is 62.9 Å². The highest BCUT2D eigenvalue weighted by molar-refractivity contribution is 5.99. The molecule has 1 aromatic carbocycles. The molecule has 0 aliphatic carbocycles. The van der Waals surface area contributed by atoms with Crippen molar-refractivity contribution in [2.75, 3.05) is 19.7 Å². The number of likely N-dealkylation sites (tertiary alicyclic amines) is 1. The quantitative estimate of drug-likeness (QED) is 0.268. The number of rotatable bonds is 16. The lowest BCUT2D eigenvalue weighted by Gasteiger charge is -2.41. The SMILES string of the molecule is C=CCN(Cc1ccccc1)C(=O)[C@H]1[C@H]2C(=O)N([C@@H](CO)CC(C)C)C(C(=O)N(CC=C)C(C)CCC)C23CC[C@]1(CC)O3. The first kappa shape index (κ1) is 33.9. The van der Waals surface area contributed by atoms with Crippen LogP contribution < -0.4 is 0 Å². The Morgan fingerprint density at radius 1 is 1.09 bits per heavy atom. The van der Waals surface area contributed by atoms with Gasteiger partial charge in [0.2, 0.25) is 17.7 Å². The summed E-state index contributed by atoms with van der Waals surface area (Å²) in [7, 11) is 0. The monoisotopic (exact) mass is 607 g/mol. The van der Waals surface area contributed by atoms with Gasteiger partial charge in [-0.3, -0.25) is 14.4 Å². The summed E-state index contributed by atoms with van der Waals surface area (Å²) < 4.78 is 7.04. The van der Waals surface area contributed by atoms with Gasteiger partial charge in [-0.1, -0.05) is 76.6 Å². The maximum Gasteiger partial charge on any atom is 0.248 e. The molecule has 3 amide bonds. The van der Waals surface area contributed by atoms with Gasteiger partial charge in [0.25, 0.3) is 0 Å². The Morgan fingerprint density at radius 2 is 1.77 bits per heavy atom. The van der Waals surface area contributed by atoms with Crippen molar-refractivity contribution in [3.05, 3.63) is 61.2 Å². The van der Waals surface area contributed by atoms with E-state index in [-0.39, 0.29) is 36.3 Å². The summed E-state index contributed by atoms with van der Waals surface area (Å²) in [5, 5.41) is 10.7. The third kappa shape index (κ3) is 5.87. The largest absolute Gasteiger partial charge is 0.394 e. The van der Waals surface area contributed by atoms with Crippen LogP contribution in [0.25, 0.3) is 0 Å². The van der Waals surface area contributed by atoms with Crippen molar-refractivity contribution >= 4 is 17.7 Å². The Balaban J connectivity index is 1.84. The minimum Gasteiger partial charge on any atom is -0.394 e. The molecule has 3 heterocycles. The first-order valence-electron chi connectivity index (χ1n) is 16.5. The summed E-state index contributed by atoms with van der Waals surface area (Å²) in [4.78, 5) is 49.5. The van der Waals surface area contributed by atoms with E-state index in [1.165, 1.54) is 0 Å². The van der Waals surface area contributed by atoms with Crippen LogP contribution in [0.2, 0.25) is 0 Å². The second-order valence-electron chi connectivity index (χ2n) is 13.5. The number of amides is 3. The van der Waals surface area contributed by atoms with Crippen LogP contribution in [0.15, 0.2) is 55.6 Å². The Morgan fingerprint density at radius 3 is 2.34 bits per heavy atom. The molecule has 1 N–H and O–H groups in total. The topological polar surface area (TPSA) is 90.4 Å². The number of carbonyl (C=O) groups is 3. The molecule has 0 aromatic heterocycles. The Hall–Kier alpha value is -2.97. The van der Waals surface area contributed by atoms with E-state index >= 15 is 0 Å². The van der Waals surface area contributed by atoms with Gasteiger partial charge in [-0.05, 0) is 50.5 Å². The maximum absolute atomic E-state index is 14.8. The summed E-state index contributed by atoms with van der Waals surface area (Å²) in [5.41, 5.74) is -1.00. The summed E-state index contributed by atoms with van der Waals surface area (Å²) in [6.07, 6.45) is 7.35. The number of aliphatic hydroxyl groups excluding tert-OH is 1. The van der Waals surface area contributed by atoms with Gasteiger partial charge in [0.05, 0.1) is 30.1 Å². The van der Waals surface area contributed by atoms with E-state index in [1.54, 1.807) is 22.0 Å². The molecule has 4 rings (SSSR count). The number of hydrogen-bond donors (Lipinski definition) is 1. The molecule has 242 valence electrons. The number of carbonyl (C=O) groups excluding carboxylic acids is 3. The highest BCUT2D eigenvalue weighted by atomic mass is 16.5. The van der Waals surface area contributed by atoms with Gasteiger partial charge in [-0.25, -0.2) is 0 Å². The standard InChI is InChI=1S/C36H53N3O5/c1-8-15-26(7)38(21-10-3)34(43)31-36-19-18-35(11-4,44-36)29(30(36)33(42)39(31)28(24-40)22-25(5)6)32(41)37(20-9-2)23-27-16-13-12-14-17-27/h9-10,12-14,16-17,25-26,28-31,40H,2-3,8,11,15,18-24H2,1,4-7H3/t26?,28-,29-,30+,31?,35+,36?/m1/s1. The molecule has 7 atom stereocenters. The highest BCUT2D eigenvalue weighted by Crippen LogP contribution is 2.65. The summed E-state index contributed by atoms with van der Waals surface area (Å²) >= 11 is 0. The van der Waals surface area contributed by atoms with Crippen LogP contribution in [0.5, 0.6) is 0 Å². The average molecular weight is 608 g/mol. The van der Waals surface area contributed by atoms with Crippen molar-refractivity contribution in [1.29, 1.82) is 0 Å². The molecule has 44 heavy (non-hydrogen) atoms. The fourth-order valence-corrected chi connectivity index (χ4v) is 8.27. The van der Waals surface area contributed by atoms with Crippen molar-refractivity contribution in [2.24, 2.45) is 17.8 Å². The molecule has 0 radical (unpaired) electrons.